The van der Waals surface area contributed by atoms with Gasteiger partial charge in [0.25, 0.3) is 0 Å². The smallest absolute Gasteiger partial charge is 0.0960 e. The van der Waals surface area contributed by atoms with Gasteiger partial charge in [0.2, 0.25) is 0 Å². The Hall–Kier alpha value is 0.0500. The van der Waals surface area contributed by atoms with E-state index in [0.29, 0.717) is 11.6 Å². The molecule has 3 atom stereocenters. The monoisotopic (exact) mass is 193 g/mol. The van der Waals surface area contributed by atoms with Gasteiger partial charge in [-0.2, -0.15) is 0 Å². The Morgan fingerprint density at radius 2 is 2.36 bits per heavy atom. The van der Waals surface area contributed by atoms with E-state index >= 15 is 0 Å². The lowest BCUT2D eigenvalue weighted by Gasteiger charge is -2.21. The summed E-state index contributed by atoms with van der Waals surface area (Å²) in [5.41, 5.74) is 0.581. The van der Waals surface area contributed by atoms with Crippen molar-refractivity contribution in [2.75, 3.05) is 0 Å². The van der Waals surface area contributed by atoms with Gasteiger partial charge < -0.3 is 5.21 Å². The predicted octanol–water partition coefficient (Wildman–Crippen LogP) is 2.22. The molecule has 0 aromatic rings. The highest BCUT2D eigenvalue weighted by Crippen LogP contribution is 2.51. The molecule has 2 fully saturated rings. The van der Waals surface area contributed by atoms with Gasteiger partial charge in [-0.15, -0.1) is 23.2 Å². The van der Waals surface area contributed by atoms with Gasteiger partial charge >= 0.3 is 0 Å². The van der Waals surface area contributed by atoms with Crippen LogP contribution in [0, 0.1) is 5.92 Å². The SMILES string of the molecule is O/N=C1\C(Cl)C2CCC1(Cl)C2. The molecule has 0 aliphatic heterocycles. The van der Waals surface area contributed by atoms with Crippen molar-refractivity contribution in [3.8, 4) is 0 Å². The van der Waals surface area contributed by atoms with Crippen molar-refractivity contribution in [3.05, 3.63) is 0 Å². The van der Waals surface area contributed by atoms with E-state index in [1.54, 1.807) is 0 Å². The van der Waals surface area contributed by atoms with E-state index in [2.05, 4.69) is 5.16 Å². The molecule has 0 amide bonds. The minimum absolute atomic E-state index is 0.133. The summed E-state index contributed by atoms with van der Waals surface area (Å²) in [6.07, 6.45) is 2.85. The van der Waals surface area contributed by atoms with Gasteiger partial charge in [0.1, 0.15) is 0 Å². The van der Waals surface area contributed by atoms with Crippen LogP contribution in [0.5, 0.6) is 0 Å². The number of alkyl halides is 2. The van der Waals surface area contributed by atoms with Crippen LogP contribution in [0.4, 0.5) is 0 Å². The maximum Gasteiger partial charge on any atom is 0.0960 e. The lowest BCUT2D eigenvalue weighted by atomic mass is 9.97. The molecule has 0 radical (unpaired) electrons. The normalized spacial score (nSPS) is 52.4. The molecule has 3 unspecified atom stereocenters. The third kappa shape index (κ3) is 0.890. The molecule has 2 aliphatic rings. The third-order valence-corrected chi connectivity index (χ3v) is 3.84. The molecule has 2 saturated carbocycles. The zero-order valence-electron chi connectivity index (χ0n) is 5.93. The molecule has 0 heterocycles. The molecule has 1 N–H and O–H groups in total. The number of oxime groups is 1. The van der Waals surface area contributed by atoms with Gasteiger partial charge in [-0.1, -0.05) is 5.16 Å². The van der Waals surface area contributed by atoms with Crippen LogP contribution in [-0.4, -0.2) is 21.2 Å². The van der Waals surface area contributed by atoms with E-state index in [4.69, 9.17) is 28.4 Å². The average Bonchev–Trinajstić information content (AvgIpc) is 2.42. The van der Waals surface area contributed by atoms with E-state index in [9.17, 15) is 0 Å². The highest BCUT2D eigenvalue weighted by molar-refractivity contribution is 6.45. The first-order valence-corrected chi connectivity index (χ1v) is 4.54. The molecule has 4 heteroatoms. The van der Waals surface area contributed by atoms with E-state index < -0.39 is 4.87 Å². The number of rotatable bonds is 0. The van der Waals surface area contributed by atoms with E-state index in [1.165, 1.54) is 0 Å². The Kier molecular flexibility index (Phi) is 1.58. The van der Waals surface area contributed by atoms with E-state index in [1.807, 2.05) is 0 Å². The number of halogens is 2. The van der Waals surface area contributed by atoms with Crippen LogP contribution in [0.2, 0.25) is 0 Å². The van der Waals surface area contributed by atoms with Crippen LogP contribution < -0.4 is 0 Å². The average molecular weight is 194 g/mol. The quantitative estimate of drug-likeness (QED) is 0.358. The van der Waals surface area contributed by atoms with Crippen LogP contribution in [-0.2, 0) is 0 Å². The largest absolute Gasteiger partial charge is 0.411 e. The summed E-state index contributed by atoms with van der Waals surface area (Å²) in [5, 5.41) is 11.7. The third-order valence-electron chi connectivity index (χ3n) is 2.74. The number of fused-ring (bicyclic) bond motifs is 2. The van der Waals surface area contributed by atoms with Crippen LogP contribution in [0.3, 0.4) is 0 Å². The fraction of sp³-hybridized carbons (Fsp3) is 0.857. The van der Waals surface area contributed by atoms with E-state index in [0.717, 1.165) is 19.3 Å². The van der Waals surface area contributed by atoms with Crippen LogP contribution in [0.15, 0.2) is 5.16 Å². The van der Waals surface area contributed by atoms with Crippen molar-refractivity contribution < 1.29 is 5.21 Å². The van der Waals surface area contributed by atoms with Gasteiger partial charge in [0.05, 0.1) is 16.0 Å². The second-order valence-electron chi connectivity index (χ2n) is 3.36. The van der Waals surface area contributed by atoms with Crippen LogP contribution in [0.25, 0.3) is 0 Å². The van der Waals surface area contributed by atoms with Crippen molar-refractivity contribution in [2.24, 2.45) is 11.1 Å². The number of hydrogen-bond acceptors (Lipinski definition) is 2. The summed E-state index contributed by atoms with van der Waals surface area (Å²) in [7, 11) is 0. The molecule has 62 valence electrons. The summed E-state index contributed by atoms with van der Waals surface area (Å²) in [6.45, 7) is 0. The molecule has 0 aromatic heterocycles. The molecular formula is C7H9Cl2NO. The maximum atomic E-state index is 8.64. The Balaban J connectivity index is 2.36. The molecule has 0 saturated heterocycles. The molecule has 2 rings (SSSR count). The number of hydrogen-bond donors (Lipinski definition) is 1. The number of nitrogens with zero attached hydrogens (tertiary/aromatic N) is 1. The molecular weight excluding hydrogens is 185 g/mol. The van der Waals surface area contributed by atoms with Crippen LogP contribution in [0.1, 0.15) is 19.3 Å². The first-order chi connectivity index (χ1) is 5.17. The molecule has 11 heavy (non-hydrogen) atoms. The first-order valence-electron chi connectivity index (χ1n) is 3.73. The summed E-state index contributed by atoms with van der Waals surface area (Å²) in [6, 6.07) is 0. The van der Waals surface area contributed by atoms with E-state index in [-0.39, 0.29) is 5.38 Å². The van der Waals surface area contributed by atoms with Gasteiger partial charge in [-0.3, -0.25) is 0 Å². The predicted molar refractivity (Wildman–Crippen MR) is 44.8 cm³/mol. The van der Waals surface area contributed by atoms with Gasteiger partial charge in [0.15, 0.2) is 0 Å². The fourth-order valence-corrected chi connectivity index (χ4v) is 3.12. The molecule has 2 nitrogen and oxygen atoms in total. The summed E-state index contributed by atoms with van der Waals surface area (Å²) in [5.74, 6) is 0.431. The second-order valence-corrected chi connectivity index (χ2v) is 4.55. The highest BCUT2D eigenvalue weighted by Gasteiger charge is 2.54. The summed E-state index contributed by atoms with van der Waals surface area (Å²) >= 11 is 12.2. The van der Waals surface area contributed by atoms with Crippen molar-refractivity contribution >= 4 is 28.9 Å². The highest BCUT2D eigenvalue weighted by atomic mass is 35.5. The standard InChI is InChI=1S/C7H9Cl2NO/c8-5-4-1-2-7(9,3-4)6(5)10-11/h4-5,11H,1-3H2/b10-6+. The molecule has 2 bridgehead atoms. The fourth-order valence-electron chi connectivity index (χ4n) is 2.13. The van der Waals surface area contributed by atoms with Crippen LogP contribution >= 0.6 is 23.2 Å². The first kappa shape index (κ1) is 7.69. The topological polar surface area (TPSA) is 32.6 Å². The Bertz CT molecular complexity index is 218. The van der Waals surface area contributed by atoms with Gasteiger partial charge in [-0.05, 0) is 25.2 Å². The zero-order chi connectivity index (χ0) is 8.06. The van der Waals surface area contributed by atoms with Crippen molar-refractivity contribution in [3.63, 3.8) is 0 Å². The lowest BCUT2D eigenvalue weighted by molar-refractivity contribution is 0.314. The Labute approximate surface area is 75.2 Å². The maximum absolute atomic E-state index is 8.64. The zero-order valence-corrected chi connectivity index (χ0v) is 7.44. The summed E-state index contributed by atoms with van der Waals surface area (Å²) in [4.78, 5) is -0.411. The molecule has 0 aromatic carbocycles. The van der Waals surface area contributed by atoms with Gasteiger partial charge in [-0.25, -0.2) is 0 Å². The Morgan fingerprint density at radius 1 is 1.64 bits per heavy atom. The van der Waals surface area contributed by atoms with Crippen molar-refractivity contribution in [1.82, 2.24) is 0 Å². The lowest BCUT2D eigenvalue weighted by Crippen LogP contribution is -2.32. The molecule has 0 spiro atoms. The van der Waals surface area contributed by atoms with Gasteiger partial charge in [0, 0.05) is 0 Å². The molecule has 2 aliphatic carbocycles. The van der Waals surface area contributed by atoms with Crippen molar-refractivity contribution in [2.45, 2.75) is 29.5 Å². The second kappa shape index (κ2) is 2.27. The minimum Gasteiger partial charge on any atom is -0.411 e. The Morgan fingerprint density at radius 3 is 2.73 bits per heavy atom. The minimum atomic E-state index is -0.411. The summed E-state index contributed by atoms with van der Waals surface area (Å²) < 4.78 is 0. The van der Waals surface area contributed by atoms with Crippen molar-refractivity contribution in [1.29, 1.82) is 0 Å².